The number of thioether (sulfide) groups is 1. The predicted molar refractivity (Wildman–Crippen MR) is 77.0 cm³/mol. The molecule has 0 atom stereocenters. The van der Waals surface area contributed by atoms with E-state index < -0.39 is 0 Å². The minimum absolute atomic E-state index is 0.0365. The van der Waals surface area contributed by atoms with Gasteiger partial charge >= 0.3 is 0 Å². The largest absolute Gasteiger partial charge is 0.285 e. The molecule has 0 aromatic carbocycles. The molecule has 19 heavy (non-hydrogen) atoms. The topological polar surface area (TPSA) is 43.9 Å². The third-order valence-corrected chi connectivity index (χ3v) is 4.54. The number of hydrogen-bond donors (Lipinski definition) is 0. The van der Waals surface area contributed by atoms with E-state index in [1.165, 1.54) is 4.90 Å². The molecule has 0 unspecified atom stereocenters. The van der Waals surface area contributed by atoms with Crippen LogP contribution in [0.5, 0.6) is 0 Å². The predicted octanol–water partition coefficient (Wildman–Crippen LogP) is 0.464. The van der Waals surface area contributed by atoms with E-state index in [4.69, 9.17) is 0 Å². The van der Waals surface area contributed by atoms with Crippen LogP contribution in [0, 0.1) is 0 Å². The second-order valence-corrected chi connectivity index (χ2v) is 6.38. The first kappa shape index (κ1) is 14.8. The monoisotopic (exact) mass is 285 g/mol. The van der Waals surface area contributed by atoms with Crippen LogP contribution in [-0.2, 0) is 9.59 Å². The SMILES string of the molecule is CCCCN1CC(=O)N(CN2CCSCC2)C(=O)C1. The van der Waals surface area contributed by atoms with E-state index in [2.05, 4.69) is 11.8 Å². The van der Waals surface area contributed by atoms with Crippen molar-refractivity contribution in [1.82, 2.24) is 14.7 Å². The Kier molecular flexibility index (Phi) is 5.66. The number of unbranched alkanes of at least 4 members (excludes halogenated alkanes) is 1. The van der Waals surface area contributed by atoms with E-state index in [-0.39, 0.29) is 11.8 Å². The number of piperazine rings is 1. The highest BCUT2D eigenvalue weighted by Crippen LogP contribution is 2.12. The molecular weight excluding hydrogens is 262 g/mol. The number of nitrogens with zero attached hydrogens (tertiary/aromatic N) is 3. The summed E-state index contributed by atoms with van der Waals surface area (Å²) in [5.74, 6) is 2.12. The van der Waals surface area contributed by atoms with Crippen molar-refractivity contribution in [2.75, 3.05) is 50.9 Å². The summed E-state index contributed by atoms with van der Waals surface area (Å²) in [4.78, 5) is 29.8. The van der Waals surface area contributed by atoms with Gasteiger partial charge in [-0.25, -0.2) is 0 Å². The van der Waals surface area contributed by atoms with Crippen molar-refractivity contribution in [3.8, 4) is 0 Å². The van der Waals surface area contributed by atoms with E-state index in [1.807, 2.05) is 16.7 Å². The summed E-state index contributed by atoms with van der Waals surface area (Å²) < 4.78 is 0. The Bertz CT molecular complexity index is 314. The lowest BCUT2D eigenvalue weighted by Crippen LogP contribution is -2.57. The Labute approximate surface area is 119 Å². The first-order valence-corrected chi connectivity index (χ1v) is 8.22. The van der Waals surface area contributed by atoms with E-state index in [9.17, 15) is 9.59 Å². The summed E-state index contributed by atoms with van der Waals surface area (Å²) in [5, 5.41) is 0. The second-order valence-electron chi connectivity index (χ2n) is 5.15. The Morgan fingerprint density at radius 1 is 1.05 bits per heavy atom. The van der Waals surface area contributed by atoms with Crippen molar-refractivity contribution < 1.29 is 9.59 Å². The molecule has 0 radical (unpaired) electrons. The Balaban J connectivity index is 1.84. The molecule has 2 amide bonds. The van der Waals surface area contributed by atoms with Crippen molar-refractivity contribution in [2.24, 2.45) is 0 Å². The van der Waals surface area contributed by atoms with Crippen LogP contribution in [0.2, 0.25) is 0 Å². The number of imide groups is 1. The van der Waals surface area contributed by atoms with Gasteiger partial charge in [-0.15, -0.1) is 0 Å². The fourth-order valence-electron chi connectivity index (χ4n) is 2.39. The molecule has 2 saturated heterocycles. The van der Waals surface area contributed by atoms with Gasteiger partial charge in [-0.1, -0.05) is 13.3 Å². The minimum atomic E-state index is -0.0365. The lowest BCUT2D eigenvalue weighted by atomic mass is 10.2. The van der Waals surface area contributed by atoms with Crippen LogP contribution < -0.4 is 0 Å². The molecule has 108 valence electrons. The zero-order chi connectivity index (χ0) is 13.7. The van der Waals surface area contributed by atoms with Crippen LogP contribution in [-0.4, -0.2) is 77.4 Å². The lowest BCUT2D eigenvalue weighted by Gasteiger charge is -2.36. The summed E-state index contributed by atoms with van der Waals surface area (Å²) in [6.45, 7) is 6.20. The molecule has 0 aromatic heterocycles. The van der Waals surface area contributed by atoms with Gasteiger partial charge < -0.3 is 0 Å². The van der Waals surface area contributed by atoms with Crippen molar-refractivity contribution in [2.45, 2.75) is 19.8 Å². The molecular formula is C13H23N3O2S. The summed E-state index contributed by atoms with van der Waals surface area (Å²) in [5.41, 5.74) is 0. The molecule has 0 N–H and O–H groups in total. The van der Waals surface area contributed by atoms with Gasteiger partial charge in [-0.2, -0.15) is 11.8 Å². The van der Waals surface area contributed by atoms with Crippen LogP contribution in [0.15, 0.2) is 0 Å². The zero-order valence-electron chi connectivity index (χ0n) is 11.6. The third-order valence-electron chi connectivity index (χ3n) is 3.59. The van der Waals surface area contributed by atoms with Crippen LogP contribution in [0.4, 0.5) is 0 Å². The number of rotatable bonds is 5. The molecule has 2 heterocycles. The second kappa shape index (κ2) is 7.26. The van der Waals surface area contributed by atoms with Crippen LogP contribution in [0.3, 0.4) is 0 Å². The number of amides is 2. The molecule has 0 aliphatic carbocycles. The number of carbonyl (C=O) groups is 2. The van der Waals surface area contributed by atoms with Crippen LogP contribution in [0.1, 0.15) is 19.8 Å². The van der Waals surface area contributed by atoms with Crippen LogP contribution in [0.25, 0.3) is 0 Å². The maximum atomic E-state index is 12.1. The van der Waals surface area contributed by atoms with Gasteiger partial charge in [-0.3, -0.25) is 24.3 Å². The van der Waals surface area contributed by atoms with Gasteiger partial charge in [0.1, 0.15) is 0 Å². The van der Waals surface area contributed by atoms with Gasteiger partial charge in [0, 0.05) is 24.6 Å². The molecule has 0 aromatic rings. The number of carbonyl (C=O) groups excluding carboxylic acids is 2. The van der Waals surface area contributed by atoms with Crippen molar-refractivity contribution in [3.05, 3.63) is 0 Å². The normalized spacial score (nSPS) is 23.1. The molecule has 6 heteroatoms. The first-order valence-electron chi connectivity index (χ1n) is 7.06. The highest BCUT2D eigenvalue weighted by molar-refractivity contribution is 7.99. The van der Waals surface area contributed by atoms with Crippen LogP contribution >= 0.6 is 11.8 Å². The Morgan fingerprint density at radius 3 is 2.26 bits per heavy atom. The van der Waals surface area contributed by atoms with E-state index in [1.54, 1.807) is 0 Å². The maximum Gasteiger partial charge on any atom is 0.244 e. The molecule has 0 bridgehead atoms. The summed E-state index contributed by atoms with van der Waals surface area (Å²) in [6.07, 6.45) is 2.14. The third kappa shape index (κ3) is 4.19. The highest BCUT2D eigenvalue weighted by Gasteiger charge is 2.31. The van der Waals surface area contributed by atoms with Crippen molar-refractivity contribution >= 4 is 23.6 Å². The molecule has 5 nitrogen and oxygen atoms in total. The summed E-state index contributed by atoms with van der Waals surface area (Å²) >= 11 is 1.93. The molecule has 2 aliphatic heterocycles. The van der Waals surface area contributed by atoms with Gasteiger partial charge in [0.25, 0.3) is 0 Å². The fourth-order valence-corrected chi connectivity index (χ4v) is 3.37. The van der Waals surface area contributed by atoms with Gasteiger partial charge in [0.05, 0.1) is 19.8 Å². The minimum Gasteiger partial charge on any atom is -0.285 e. The van der Waals surface area contributed by atoms with E-state index >= 15 is 0 Å². The van der Waals surface area contributed by atoms with E-state index in [0.29, 0.717) is 19.8 Å². The fraction of sp³-hybridized carbons (Fsp3) is 0.846. The molecule has 2 rings (SSSR count). The highest BCUT2D eigenvalue weighted by atomic mass is 32.2. The number of hydrogen-bond acceptors (Lipinski definition) is 5. The van der Waals surface area contributed by atoms with Crippen molar-refractivity contribution in [3.63, 3.8) is 0 Å². The zero-order valence-corrected chi connectivity index (χ0v) is 12.5. The standard InChI is InChI=1S/C13H23N3O2S/c1-2-3-4-15-9-12(17)16(13(18)10-15)11-14-5-7-19-8-6-14/h2-11H2,1H3. The van der Waals surface area contributed by atoms with E-state index in [0.717, 1.165) is 44.0 Å². The maximum absolute atomic E-state index is 12.1. The Hall–Kier alpha value is -0.590. The Morgan fingerprint density at radius 2 is 1.68 bits per heavy atom. The quantitative estimate of drug-likeness (QED) is 0.687. The van der Waals surface area contributed by atoms with Gasteiger partial charge in [0.2, 0.25) is 11.8 Å². The molecule has 0 spiro atoms. The summed E-state index contributed by atoms with van der Waals surface area (Å²) in [7, 11) is 0. The average Bonchev–Trinajstić information content (AvgIpc) is 2.42. The molecule has 0 saturated carbocycles. The first-order chi connectivity index (χ1) is 9.20. The van der Waals surface area contributed by atoms with Gasteiger partial charge in [0.15, 0.2) is 0 Å². The molecule has 2 fully saturated rings. The summed E-state index contributed by atoms with van der Waals surface area (Å²) in [6, 6.07) is 0. The van der Waals surface area contributed by atoms with Crippen molar-refractivity contribution in [1.29, 1.82) is 0 Å². The smallest absolute Gasteiger partial charge is 0.244 e. The molecule has 2 aliphatic rings. The lowest BCUT2D eigenvalue weighted by molar-refractivity contribution is -0.153. The van der Waals surface area contributed by atoms with Gasteiger partial charge in [-0.05, 0) is 13.0 Å². The average molecular weight is 285 g/mol.